The van der Waals surface area contributed by atoms with E-state index in [2.05, 4.69) is 38.1 Å². The van der Waals surface area contributed by atoms with Crippen LogP contribution in [0.15, 0.2) is 24.3 Å². The molecule has 110 valence electrons. The number of Topliss-reactive ketones (excluding diaryl/α,β-unsaturated/α-hetero) is 1. The molecule has 20 heavy (non-hydrogen) atoms. The summed E-state index contributed by atoms with van der Waals surface area (Å²) in [6.45, 7) is 6.10. The van der Waals surface area contributed by atoms with E-state index >= 15 is 0 Å². The molecule has 0 radical (unpaired) electrons. The fourth-order valence-electron chi connectivity index (χ4n) is 3.08. The summed E-state index contributed by atoms with van der Waals surface area (Å²) in [7, 11) is 0. The van der Waals surface area contributed by atoms with Crippen LogP contribution >= 0.6 is 0 Å². The topological polar surface area (TPSA) is 26.3 Å². The minimum absolute atomic E-state index is 0.284. The number of ketones is 1. The number of aryl methyl sites for hydroxylation is 1. The molecule has 1 aliphatic carbocycles. The third kappa shape index (κ3) is 3.84. The Bertz CT molecular complexity index is 435. The Morgan fingerprint density at radius 1 is 1.30 bits per heavy atom. The van der Waals surface area contributed by atoms with Crippen molar-refractivity contribution in [2.75, 3.05) is 0 Å². The zero-order valence-corrected chi connectivity index (χ0v) is 12.9. The maximum absolute atomic E-state index is 11.1. The van der Waals surface area contributed by atoms with Gasteiger partial charge in [0.25, 0.3) is 0 Å². The minimum atomic E-state index is 0.284. The molecule has 2 heteroatoms. The first-order valence-corrected chi connectivity index (χ1v) is 7.85. The number of benzene rings is 1. The molecule has 2 nitrogen and oxygen atoms in total. The van der Waals surface area contributed by atoms with E-state index in [9.17, 15) is 4.79 Å². The summed E-state index contributed by atoms with van der Waals surface area (Å²) in [5, 5.41) is 0. The summed E-state index contributed by atoms with van der Waals surface area (Å²) in [6, 6.07) is 8.48. The number of hydrogen-bond acceptors (Lipinski definition) is 2. The van der Waals surface area contributed by atoms with Crippen LogP contribution < -0.4 is 4.74 Å². The van der Waals surface area contributed by atoms with Crippen LogP contribution in [-0.2, 0) is 11.2 Å². The Morgan fingerprint density at radius 3 is 2.55 bits per heavy atom. The molecule has 0 aromatic heterocycles. The van der Waals surface area contributed by atoms with Gasteiger partial charge in [-0.05, 0) is 55.7 Å². The molecule has 0 bridgehead atoms. The zero-order chi connectivity index (χ0) is 14.5. The lowest BCUT2D eigenvalue weighted by Gasteiger charge is -2.42. The molecule has 1 fully saturated rings. The first kappa shape index (κ1) is 15.1. The molecule has 1 saturated carbocycles. The van der Waals surface area contributed by atoms with Gasteiger partial charge >= 0.3 is 0 Å². The fourth-order valence-corrected chi connectivity index (χ4v) is 3.08. The van der Waals surface area contributed by atoms with Gasteiger partial charge in [-0.25, -0.2) is 0 Å². The summed E-state index contributed by atoms with van der Waals surface area (Å²) in [5.41, 5.74) is 1.37. The van der Waals surface area contributed by atoms with Gasteiger partial charge in [0, 0.05) is 6.42 Å². The van der Waals surface area contributed by atoms with E-state index in [1.54, 1.807) is 6.92 Å². The molecular weight excluding hydrogens is 248 g/mol. The number of ether oxygens (including phenoxy) is 1. The predicted molar refractivity (Wildman–Crippen MR) is 82.0 cm³/mol. The van der Waals surface area contributed by atoms with Crippen LogP contribution in [-0.4, -0.2) is 11.9 Å². The lowest BCUT2D eigenvalue weighted by Crippen LogP contribution is -2.44. The largest absolute Gasteiger partial charge is 0.490 e. The Morgan fingerprint density at radius 2 is 2.00 bits per heavy atom. The summed E-state index contributed by atoms with van der Waals surface area (Å²) >= 11 is 0. The molecule has 0 amide bonds. The Balaban J connectivity index is 1.88. The molecule has 2 rings (SSSR count). The maximum Gasteiger partial charge on any atom is 0.129 e. The summed E-state index contributed by atoms with van der Waals surface area (Å²) in [5.74, 6) is 2.40. The van der Waals surface area contributed by atoms with Crippen molar-refractivity contribution in [1.82, 2.24) is 0 Å². The van der Waals surface area contributed by atoms with E-state index in [0.717, 1.165) is 18.6 Å². The van der Waals surface area contributed by atoms with Crippen molar-refractivity contribution in [2.24, 2.45) is 11.8 Å². The Labute approximate surface area is 122 Å². The van der Waals surface area contributed by atoms with Crippen molar-refractivity contribution in [3.05, 3.63) is 29.8 Å². The Kier molecular flexibility index (Phi) is 5.22. The number of hydrogen-bond donors (Lipinski definition) is 0. The normalized spacial score (nSPS) is 25.1. The van der Waals surface area contributed by atoms with Gasteiger partial charge in [0.05, 0.1) is 0 Å². The lowest BCUT2D eigenvalue weighted by atomic mass is 9.70. The molecule has 0 saturated heterocycles. The van der Waals surface area contributed by atoms with Crippen molar-refractivity contribution in [2.45, 2.75) is 59.0 Å². The van der Waals surface area contributed by atoms with E-state index in [-0.39, 0.29) is 11.9 Å². The van der Waals surface area contributed by atoms with Gasteiger partial charge in [0.2, 0.25) is 0 Å². The molecule has 0 aliphatic heterocycles. The third-order valence-corrected chi connectivity index (χ3v) is 4.30. The van der Waals surface area contributed by atoms with E-state index < -0.39 is 0 Å². The van der Waals surface area contributed by atoms with Crippen LogP contribution in [0.1, 0.15) is 52.0 Å². The second-order valence-electron chi connectivity index (χ2n) is 6.19. The summed E-state index contributed by atoms with van der Waals surface area (Å²) in [4.78, 5) is 11.1. The van der Waals surface area contributed by atoms with Crippen LogP contribution in [0.25, 0.3) is 0 Å². The van der Waals surface area contributed by atoms with Gasteiger partial charge < -0.3 is 9.53 Å². The molecule has 0 heterocycles. The fraction of sp³-hybridized carbons (Fsp3) is 0.611. The summed E-state index contributed by atoms with van der Waals surface area (Å²) in [6.07, 6.45) is 5.43. The second kappa shape index (κ2) is 6.92. The van der Waals surface area contributed by atoms with Crippen LogP contribution in [0.2, 0.25) is 0 Å². The first-order valence-electron chi connectivity index (χ1n) is 7.85. The maximum atomic E-state index is 11.1. The number of rotatable bonds is 7. The average molecular weight is 274 g/mol. The first-order chi connectivity index (χ1) is 9.60. The van der Waals surface area contributed by atoms with E-state index in [0.29, 0.717) is 18.3 Å². The number of carbonyl (C=O) groups is 1. The van der Waals surface area contributed by atoms with Crippen LogP contribution in [0.4, 0.5) is 0 Å². The quantitative estimate of drug-likeness (QED) is 0.736. The minimum Gasteiger partial charge on any atom is -0.490 e. The van der Waals surface area contributed by atoms with Crippen LogP contribution in [0.5, 0.6) is 5.75 Å². The van der Waals surface area contributed by atoms with Gasteiger partial charge in [-0.3, -0.25) is 0 Å². The highest BCUT2D eigenvalue weighted by molar-refractivity contribution is 5.75. The second-order valence-corrected chi connectivity index (χ2v) is 6.19. The molecule has 0 spiro atoms. The standard InChI is InChI=1S/C18H26O2/c1-4-5-15-7-10-17(11-8-15)20-18-13(2)12-16(18)9-6-14(3)19/h7-8,10-11,13,16,18H,4-6,9,12H2,1-3H3/t13?,16?,18-/m0/s1. The smallest absolute Gasteiger partial charge is 0.129 e. The SMILES string of the molecule is CCCc1ccc(O[C@H]2C(C)CC2CCC(C)=O)cc1. The molecule has 2 unspecified atom stereocenters. The van der Waals surface area contributed by atoms with Crippen LogP contribution in [0, 0.1) is 11.8 Å². The van der Waals surface area contributed by atoms with E-state index in [1.165, 1.54) is 18.4 Å². The van der Waals surface area contributed by atoms with Crippen molar-refractivity contribution in [3.63, 3.8) is 0 Å². The van der Waals surface area contributed by atoms with Gasteiger partial charge in [0.1, 0.15) is 17.6 Å². The molecule has 1 aliphatic rings. The molecule has 0 N–H and O–H groups in total. The van der Waals surface area contributed by atoms with Gasteiger partial charge in [-0.2, -0.15) is 0 Å². The van der Waals surface area contributed by atoms with Crippen molar-refractivity contribution >= 4 is 5.78 Å². The van der Waals surface area contributed by atoms with Crippen molar-refractivity contribution in [3.8, 4) is 5.75 Å². The van der Waals surface area contributed by atoms with Crippen molar-refractivity contribution in [1.29, 1.82) is 0 Å². The molecule has 1 aromatic rings. The van der Waals surface area contributed by atoms with Gasteiger partial charge in [0.15, 0.2) is 0 Å². The average Bonchev–Trinajstić information content (AvgIpc) is 2.42. The predicted octanol–water partition coefficient (Wildman–Crippen LogP) is 4.41. The van der Waals surface area contributed by atoms with Crippen LogP contribution in [0.3, 0.4) is 0 Å². The highest BCUT2D eigenvalue weighted by Crippen LogP contribution is 2.39. The zero-order valence-electron chi connectivity index (χ0n) is 12.9. The molecular formula is C18H26O2. The van der Waals surface area contributed by atoms with E-state index in [1.807, 2.05) is 0 Å². The molecule has 3 atom stereocenters. The van der Waals surface area contributed by atoms with Gasteiger partial charge in [-0.15, -0.1) is 0 Å². The van der Waals surface area contributed by atoms with Gasteiger partial charge in [-0.1, -0.05) is 32.4 Å². The highest BCUT2D eigenvalue weighted by Gasteiger charge is 2.39. The monoisotopic (exact) mass is 274 g/mol. The summed E-state index contributed by atoms with van der Waals surface area (Å²) < 4.78 is 6.13. The van der Waals surface area contributed by atoms with E-state index in [4.69, 9.17) is 4.74 Å². The van der Waals surface area contributed by atoms with Crippen molar-refractivity contribution < 1.29 is 9.53 Å². The highest BCUT2D eigenvalue weighted by atomic mass is 16.5. The molecule has 1 aromatic carbocycles. The third-order valence-electron chi connectivity index (χ3n) is 4.30. The Hall–Kier alpha value is -1.31. The number of carbonyl (C=O) groups excluding carboxylic acids is 1. The lowest BCUT2D eigenvalue weighted by molar-refractivity contribution is -0.118.